The summed E-state index contributed by atoms with van der Waals surface area (Å²) in [6.07, 6.45) is 5.02. The van der Waals surface area contributed by atoms with E-state index in [-0.39, 0.29) is 12.4 Å². The van der Waals surface area contributed by atoms with Crippen molar-refractivity contribution in [3.63, 3.8) is 0 Å². The molecule has 1 aromatic rings. The third-order valence-corrected chi connectivity index (χ3v) is 4.47. The predicted octanol–water partition coefficient (Wildman–Crippen LogP) is 2.59. The third-order valence-electron chi connectivity index (χ3n) is 4.47. The summed E-state index contributed by atoms with van der Waals surface area (Å²) in [5, 5.41) is 13.3. The van der Waals surface area contributed by atoms with Gasteiger partial charge in [-0.05, 0) is 74.2 Å². The van der Waals surface area contributed by atoms with Gasteiger partial charge in [0.1, 0.15) is 24.3 Å². The number of nitrogens with one attached hydrogen (secondary N) is 1. The maximum atomic E-state index is 12.8. The van der Waals surface area contributed by atoms with E-state index in [1.807, 2.05) is 0 Å². The van der Waals surface area contributed by atoms with Crippen LogP contribution in [0.25, 0.3) is 0 Å². The van der Waals surface area contributed by atoms with Crippen LogP contribution < -0.4 is 10.1 Å². The van der Waals surface area contributed by atoms with Crippen LogP contribution in [0.3, 0.4) is 0 Å². The van der Waals surface area contributed by atoms with E-state index in [1.54, 1.807) is 12.1 Å². The smallest absolute Gasteiger partial charge is 0.123 e. The van der Waals surface area contributed by atoms with Gasteiger partial charge in [-0.2, -0.15) is 0 Å². The molecule has 0 heterocycles. The fraction of sp³-hybridized carbons (Fsp3) is 0.647. The highest BCUT2D eigenvalue weighted by Gasteiger charge is 2.40. The van der Waals surface area contributed by atoms with Crippen molar-refractivity contribution >= 4 is 0 Å². The molecular formula is C17H24FNO2. The summed E-state index contributed by atoms with van der Waals surface area (Å²) < 4.78 is 18.2. The zero-order chi connectivity index (χ0) is 14.7. The molecule has 116 valence electrons. The Labute approximate surface area is 125 Å². The zero-order valence-corrected chi connectivity index (χ0v) is 12.3. The Hall–Kier alpha value is -1.13. The molecule has 4 heteroatoms. The van der Waals surface area contributed by atoms with Gasteiger partial charge in [0.15, 0.2) is 0 Å². The molecule has 3 rings (SSSR count). The molecule has 2 fully saturated rings. The van der Waals surface area contributed by atoms with Crippen molar-refractivity contribution in [2.75, 3.05) is 19.7 Å². The number of hydrogen-bond donors (Lipinski definition) is 2. The minimum Gasteiger partial charge on any atom is -0.491 e. The molecule has 0 amide bonds. The van der Waals surface area contributed by atoms with E-state index in [1.165, 1.54) is 37.8 Å². The van der Waals surface area contributed by atoms with E-state index in [0.29, 0.717) is 12.3 Å². The third kappa shape index (κ3) is 4.68. The second kappa shape index (κ2) is 6.75. The molecule has 2 aliphatic rings. The van der Waals surface area contributed by atoms with Crippen LogP contribution in [-0.4, -0.2) is 30.9 Å². The maximum absolute atomic E-state index is 12.8. The number of ether oxygens (including phenoxy) is 1. The highest BCUT2D eigenvalue weighted by Crippen LogP contribution is 2.48. The second-order valence-electron chi connectivity index (χ2n) is 6.42. The molecule has 0 saturated heterocycles. The monoisotopic (exact) mass is 293 g/mol. The molecule has 2 aliphatic carbocycles. The van der Waals surface area contributed by atoms with E-state index < -0.39 is 6.10 Å². The van der Waals surface area contributed by atoms with E-state index in [0.717, 1.165) is 24.3 Å². The summed E-state index contributed by atoms with van der Waals surface area (Å²) in [5.41, 5.74) is 0. The number of aliphatic hydroxyl groups is 1. The molecule has 3 nitrogen and oxygen atoms in total. The fourth-order valence-corrected chi connectivity index (χ4v) is 2.97. The van der Waals surface area contributed by atoms with Gasteiger partial charge in [-0.15, -0.1) is 0 Å². The quantitative estimate of drug-likeness (QED) is 0.735. The van der Waals surface area contributed by atoms with Gasteiger partial charge in [-0.1, -0.05) is 0 Å². The van der Waals surface area contributed by atoms with Gasteiger partial charge in [-0.25, -0.2) is 4.39 Å². The Morgan fingerprint density at radius 3 is 2.29 bits per heavy atom. The highest BCUT2D eigenvalue weighted by molar-refractivity contribution is 5.22. The fourth-order valence-electron chi connectivity index (χ4n) is 2.97. The number of aliphatic hydroxyl groups excluding tert-OH is 1. The van der Waals surface area contributed by atoms with Crippen molar-refractivity contribution in [2.24, 2.45) is 17.8 Å². The van der Waals surface area contributed by atoms with E-state index in [2.05, 4.69) is 5.32 Å². The Balaban J connectivity index is 1.32. The Bertz CT molecular complexity index is 431. The summed E-state index contributed by atoms with van der Waals surface area (Å²) in [7, 11) is 0. The minimum atomic E-state index is -0.533. The van der Waals surface area contributed by atoms with Crippen molar-refractivity contribution < 1.29 is 14.2 Å². The maximum Gasteiger partial charge on any atom is 0.123 e. The van der Waals surface area contributed by atoms with E-state index in [4.69, 9.17) is 4.74 Å². The highest BCUT2D eigenvalue weighted by atomic mass is 19.1. The Morgan fingerprint density at radius 2 is 1.71 bits per heavy atom. The van der Waals surface area contributed by atoms with Crippen LogP contribution in [-0.2, 0) is 0 Å². The second-order valence-corrected chi connectivity index (χ2v) is 6.42. The van der Waals surface area contributed by atoms with Gasteiger partial charge >= 0.3 is 0 Å². The molecule has 0 aliphatic heterocycles. The Morgan fingerprint density at radius 1 is 1.10 bits per heavy atom. The van der Waals surface area contributed by atoms with Crippen molar-refractivity contribution in [3.8, 4) is 5.75 Å². The average molecular weight is 293 g/mol. The standard InChI is InChI=1S/C17H24FNO2/c18-14-5-7-16(8-6-14)21-11-15(20)9-19-10-17(12-1-2-12)13-3-4-13/h5-8,12-13,15,17,19-20H,1-4,9-11H2. The summed E-state index contributed by atoms with van der Waals surface area (Å²) in [6, 6.07) is 5.86. The lowest BCUT2D eigenvalue weighted by Gasteiger charge is -2.18. The van der Waals surface area contributed by atoms with Crippen LogP contribution in [0.1, 0.15) is 25.7 Å². The summed E-state index contributed by atoms with van der Waals surface area (Å²) >= 11 is 0. The molecular weight excluding hydrogens is 269 g/mol. The largest absolute Gasteiger partial charge is 0.491 e. The number of hydrogen-bond acceptors (Lipinski definition) is 3. The molecule has 0 aromatic heterocycles. The van der Waals surface area contributed by atoms with Crippen LogP contribution in [0.5, 0.6) is 5.75 Å². The molecule has 0 bridgehead atoms. The topological polar surface area (TPSA) is 41.5 Å². The number of benzene rings is 1. The predicted molar refractivity (Wildman–Crippen MR) is 79.7 cm³/mol. The first-order valence-corrected chi connectivity index (χ1v) is 7.99. The molecule has 2 N–H and O–H groups in total. The van der Waals surface area contributed by atoms with Gasteiger partial charge in [0, 0.05) is 6.54 Å². The number of halogens is 1. The van der Waals surface area contributed by atoms with Crippen molar-refractivity contribution in [2.45, 2.75) is 31.8 Å². The van der Waals surface area contributed by atoms with Crippen molar-refractivity contribution in [3.05, 3.63) is 30.1 Å². The Kier molecular flexibility index (Phi) is 4.76. The zero-order valence-electron chi connectivity index (χ0n) is 12.3. The van der Waals surface area contributed by atoms with Crippen LogP contribution >= 0.6 is 0 Å². The normalized spacial score (nSPS) is 19.8. The van der Waals surface area contributed by atoms with Crippen LogP contribution in [0, 0.1) is 23.6 Å². The lowest BCUT2D eigenvalue weighted by Crippen LogP contribution is -2.35. The van der Waals surface area contributed by atoms with Gasteiger partial charge in [0.25, 0.3) is 0 Å². The molecule has 2 saturated carbocycles. The van der Waals surface area contributed by atoms with Gasteiger partial charge in [0.05, 0.1) is 0 Å². The molecule has 1 unspecified atom stereocenters. The summed E-state index contributed by atoms with van der Waals surface area (Å²) in [5.74, 6) is 2.98. The summed E-state index contributed by atoms with van der Waals surface area (Å²) in [6.45, 7) is 1.80. The molecule has 1 aromatic carbocycles. The lowest BCUT2D eigenvalue weighted by atomic mass is 9.98. The van der Waals surface area contributed by atoms with Crippen LogP contribution in [0.4, 0.5) is 4.39 Å². The molecule has 1 atom stereocenters. The SMILES string of the molecule is OC(CNCC(C1CC1)C1CC1)COc1ccc(F)cc1. The lowest BCUT2D eigenvalue weighted by molar-refractivity contribution is 0.104. The molecule has 0 spiro atoms. The minimum absolute atomic E-state index is 0.232. The van der Waals surface area contributed by atoms with E-state index >= 15 is 0 Å². The van der Waals surface area contributed by atoms with Gasteiger partial charge < -0.3 is 15.2 Å². The molecule has 21 heavy (non-hydrogen) atoms. The first kappa shape index (κ1) is 14.8. The summed E-state index contributed by atoms with van der Waals surface area (Å²) in [4.78, 5) is 0. The van der Waals surface area contributed by atoms with Gasteiger partial charge in [0.2, 0.25) is 0 Å². The first-order valence-electron chi connectivity index (χ1n) is 7.99. The van der Waals surface area contributed by atoms with Crippen LogP contribution in [0.2, 0.25) is 0 Å². The number of rotatable bonds is 9. The average Bonchev–Trinajstić information content (AvgIpc) is 3.37. The van der Waals surface area contributed by atoms with Crippen molar-refractivity contribution in [1.82, 2.24) is 5.32 Å². The van der Waals surface area contributed by atoms with Gasteiger partial charge in [-0.3, -0.25) is 0 Å². The van der Waals surface area contributed by atoms with Crippen molar-refractivity contribution in [1.29, 1.82) is 0 Å². The molecule has 0 radical (unpaired) electrons. The van der Waals surface area contributed by atoms with Crippen LogP contribution in [0.15, 0.2) is 24.3 Å². The first-order chi connectivity index (χ1) is 10.2. The van der Waals surface area contributed by atoms with E-state index in [9.17, 15) is 9.50 Å².